The van der Waals surface area contributed by atoms with Crippen molar-refractivity contribution in [1.29, 1.82) is 0 Å². The smallest absolute Gasteiger partial charge is 0.319 e. The van der Waals surface area contributed by atoms with E-state index >= 15 is 0 Å². The molecule has 0 aromatic heterocycles. The van der Waals surface area contributed by atoms with Gasteiger partial charge in [-0.15, -0.1) is 0 Å². The lowest BCUT2D eigenvalue weighted by Gasteiger charge is -2.09. The first-order chi connectivity index (χ1) is 9.54. The van der Waals surface area contributed by atoms with E-state index in [2.05, 4.69) is 33.5 Å². The van der Waals surface area contributed by atoms with Gasteiger partial charge in [-0.1, -0.05) is 6.07 Å². The van der Waals surface area contributed by atoms with Gasteiger partial charge in [0.15, 0.2) is 0 Å². The van der Waals surface area contributed by atoms with Gasteiger partial charge < -0.3 is 10.6 Å². The van der Waals surface area contributed by atoms with Gasteiger partial charge >= 0.3 is 6.03 Å². The minimum Gasteiger partial charge on any atom is -0.334 e. The van der Waals surface area contributed by atoms with Crippen LogP contribution in [0.3, 0.4) is 0 Å². The molecule has 0 aliphatic carbocycles. The highest BCUT2D eigenvalue weighted by molar-refractivity contribution is 5.89. The molecule has 1 heterocycles. The Morgan fingerprint density at radius 2 is 1.95 bits per heavy atom. The molecule has 0 saturated heterocycles. The lowest BCUT2D eigenvalue weighted by atomic mass is 10.1. The molecule has 20 heavy (non-hydrogen) atoms. The summed E-state index contributed by atoms with van der Waals surface area (Å²) in [7, 11) is 0. The Morgan fingerprint density at radius 3 is 2.55 bits per heavy atom. The van der Waals surface area contributed by atoms with Crippen LogP contribution in [0.1, 0.15) is 18.1 Å². The summed E-state index contributed by atoms with van der Waals surface area (Å²) in [5.74, 6) is 1.18. The van der Waals surface area contributed by atoms with Gasteiger partial charge in [-0.3, -0.25) is 9.89 Å². The van der Waals surface area contributed by atoms with E-state index in [0.717, 1.165) is 36.4 Å². The molecule has 0 saturated carbocycles. The van der Waals surface area contributed by atoms with Crippen LogP contribution in [0.2, 0.25) is 0 Å². The first kappa shape index (κ1) is 14.4. The van der Waals surface area contributed by atoms with Crippen molar-refractivity contribution in [2.24, 2.45) is 0 Å². The second-order valence-corrected chi connectivity index (χ2v) is 5.26. The number of nitrogens with one attached hydrogen (secondary N) is 3. The molecular formula is C15H23N4O+. The van der Waals surface area contributed by atoms with E-state index < -0.39 is 0 Å². The number of urea groups is 1. The maximum atomic E-state index is 11.8. The monoisotopic (exact) mass is 275 g/mol. The second kappa shape index (κ2) is 6.41. The summed E-state index contributed by atoms with van der Waals surface area (Å²) in [5.41, 5.74) is 3.13. The van der Waals surface area contributed by atoms with Crippen molar-refractivity contribution < 1.29 is 9.37 Å². The zero-order valence-corrected chi connectivity index (χ0v) is 12.4. The Balaban J connectivity index is 1.79. The van der Waals surface area contributed by atoms with E-state index in [1.807, 2.05) is 26.0 Å². The summed E-state index contributed by atoms with van der Waals surface area (Å²) >= 11 is 0. The van der Waals surface area contributed by atoms with Crippen LogP contribution in [0, 0.1) is 13.8 Å². The third-order valence-corrected chi connectivity index (χ3v) is 3.38. The Labute approximate surface area is 120 Å². The third kappa shape index (κ3) is 3.98. The van der Waals surface area contributed by atoms with Gasteiger partial charge in [0.05, 0.1) is 6.54 Å². The zero-order chi connectivity index (χ0) is 14.5. The summed E-state index contributed by atoms with van der Waals surface area (Å²) in [6.07, 6.45) is 0. The first-order valence-corrected chi connectivity index (χ1v) is 7.00. The molecule has 3 N–H and O–H groups in total. The molecule has 1 aromatic rings. The van der Waals surface area contributed by atoms with Crippen LogP contribution in [-0.4, -0.2) is 42.6 Å². The molecule has 5 nitrogen and oxygen atoms in total. The summed E-state index contributed by atoms with van der Waals surface area (Å²) in [5, 5.41) is 9.03. The maximum Gasteiger partial charge on any atom is 0.319 e. The van der Waals surface area contributed by atoms with Gasteiger partial charge in [0, 0.05) is 12.6 Å². The molecule has 2 rings (SSSR count). The molecule has 108 valence electrons. The molecule has 0 radical (unpaired) electrons. The number of carbonyl (C=O) groups excluding carboxylic acids is 1. The lowest BCUT2D eigenvalue weighted by molar-refractivity contribution is -0.516. The summed E-state index contributed by atoms with van der Waals surface area (Å²) < 4.78 is 2.23. The minimum atomic E-state index is -0.153. The van der Waals surface area contributed by atoms with Gasteiger partial charge in [-0.2, -0.15) is 0 Å². The number of carbonyl (C=O) groups is 1. The molecule has 1 aliphatic heterocycles. The molecule has 0 spiro atoms. The molecular weight excluding hydrogens is 252 g/mol. The number of aryl methyl sites for hydroxylation is 2. The lowest BCUT2D eigenvalue weighted by Crippen LogP contribution is -2.34. The predicted octanol–water partition coefficient (Wildman–Crippen LogP) is 1.46. The number of benzene rings is 1. The Kier molecular flexibility index (Phi) is 4.61. The van der Waals surface area contributed by atoms with Crippen molar-refractivity contribution in [3.8, 4) is 0 Å². The fourth-order valence-corrected chi connectivity index (χ4v) is 2.46. The molecule has 0 fully saturated rings. The van der Waals surface area contributed by atoms with Crippen LogP contribution in [-0.2, 0) is 0 Å². The average Bonchev–Trinajstić information content (AvgIpc) is 2.73. The normalized spacial score (nSPS) is 14.2. The standard InChI is InChI=1S/C15H22N4O/c1-11-8-12(2)10-14(9-11)18-15(20)17-5-7-19-6-4-16-13(19)3/h8-10H,4-7H2,1-3H3,(H2,17,18,20)/p+1. The third-order valence-electron chi connectivity index (χ3n) is 3.38. The number of anilines is 1. The summed E-state index contributed by atoms with van der Waals surface area (Å²) in [4.78, 5) is 11.8. The van der Waals surface area contributed by atoms with Gasteiger partial charge in [0.25, 0.3) is 0 Å². The van der Waals surface area contributed by atoms with Crippen LogP contribution in [0.15, 0.2) is 18.2 Å². The quantitative estimate of drug-likeness (QED) is 0.729. The Morgan fingerprint density at radius 1 is 1.25 bits per heavy atom. The zero-order valence-electron chi connectivity index (χ0n) is 12.4. The second-order valence-electron chi connectivity index (χ2n) is 5.26. The molecule has 5 heteroatoms. The van der Waals surface area contributed by atoms with E-state index in [1.165, 1.54) is 5.84 Å². The highest BCUT2D eigenvalue weighted by Gasteiger charge is 2.15. The summed E-state index contributed by atoms with van der Waals surface area (Å²) in [6.45, 7) is 9.56. The maximum absolute atomic E-state index is 11.8. The largest absolute Gasteiger partial charge is 0.334 e. The van der Waals surface area contributed by atoms with Crippen molar-refractivity contribution in [3.63, 3.8) is 0 Å². The van der Waals surface area contributed by atoms with Crippen LogP contribution < -0.4 is 16.0 Å². The summed E-state index contributed by atoms with van der Waals surface area (Å²) in [6, 6.07) is 5.87. The Hall–Kier alpha value is -2.04. The van der Waals surface area contributed by atoms with Crippen LogP contribution in [0.25, 0.3) is 0 Å². The van der Waals surface area contributed by atoms with Crippen molar-refractivity contribution in [3.05, 3.63) is 29.3 Å². The van der Waals surface area contributed by atoms with E-state index in [9.17, 15) is 4.79 Å². The number of hydrogen-bond acceptors (Lipinski definition) is 2. The molecule has 1 aromatic carbocycles. The van der Waals surface area contributed by atoms with Crippen molar-refractivity contribution >= 4 is 17.6 Å². The molecule has 1 aliphatic rings. The number of amides is 2. The van der Waals surface area contributed by atoms with Gasteiger partial charge in [-0.25, -0.2) is 4.79 Å². The number of rotatable bonds is 4. The molecule has 0 atom stereocenters. The number of amidine groups is 1. The molecule has 0 bridgehead atoms. The number of hydrogen-bond donors (Lipinski definition) is 3. The minimum absolute atomic E-state index is 0.153. The molecule has 0 unspecified atom stereocenters. The Bertz CT molecular complexity index is 516. The highest BCUT2D eigenvalue weighted by Crippen LogP contribution is 2.13. The number of nitrogens with zero attached hydrogens (tertiary/aromatic N) is 1. The fraction of sp³-hybridized carbons (Fsp3) is 0.467. The highest BCUT2D eigenvalue weighted by atomic mass is 16.2. The molecule has 2 amide bonds. The van der Waals surface area contributed by atoms with Gasteiger partial charge in [0.2, 0.25) is 5.84 Å². The van der Waals surface area contributed by atoms with Crippen molar-refractivity contribution in [2.45, 2.75) is 20.8 Å². The van der Waals surface area contributed by atoms with E-state index in [-0.39, 0.29) is 6.03 Å². The predicted molar refractivity (Wildman–Crippen MR) is 81.6 cm³/mol. The average molecular weight is 275 g/mol. The topological polar surface area (TPSA) is 56.2 Å². The van der Waals surface area contributed by atoms with E-state index in [0.29, 0.717) is 6.54 Å². The van der Waals surface area contributed by atoms with Crippen LogP contribution >= 0.6 is 0 Å². The first-order valence-electron chi connectivity index (χ1n) is 7.00. The SMILES string of the molecule is CC1=[N+](CCNC(=O)Nc2cc(C)cc(C)c2)CCN1. The van der Waals surface area contributed by atoms with Crippen LogP contribution in [0.4, 0.5) is 10.5 Å². The van der Waals surface area contributed by atoms with E-state index in [4.69, 9.17) is 0 Å². The van der Waals surface area contributed by atoms with Crippen molar-refractivity contribution in [2.75, 3.05) is 31.5 Å². The van der Waals surface area contributed by atoms with Crippen LogP contribution in [0.5, 0.6) is 0 Å². The van der Waals surface area contributed by atoms with E-state index in [1.54, 1.807) is 0 Å². The van der Waals surface area contributed by atoms with Crippen molar-refractivity contribution in [1.82, 2.24) is 10.6 Å². The van der Waals surface area contributed by atoms with Gasteiger partial charge in [0.1, 0.15) is 19.6 Å². The fourth-order valence-electron chi connectivity index (χ4n) is 2.46. The van der Waals surface area contributed by atoms with Gasteiger partial charge in [-0.05, 0) is 37.1 Å².